The van der Waals surface area contributed by atoms with Gasteiger partial charge in [-0.3, -0.25) is 9.59 Å². The average molecular weight is 501 g/mol. The number of anilines is 1. The second-order valence-electron chi connectivity index (χ2n) is 9.42. The summed E-state index contributed by atoms with van der Waals surface area (Å²) < 4.78 is 11.3. The summed E-state index contributed by atoms with van der Waals surface area (Å²) in [6.07, 6.45) is -0.0564. The number of nitrogens with zero attached hydrogens (tertiary/aromatic N) is 2. The number of para-hydroxylation sites is 1. The average Bonchev–Trinajstić information content (AvgIpc) is 3.13. The van der Waals surface area contributed by atoms with Crippen LogP contribution in [0.3, 0.4) is 0 Å². The van der Waals surface area contributed by atoms with Crippen molar-refractivity contribution >= 4 is 23.1 Å². The predicted octanol–water partition coefficient (Wildman–Crippen LogP) is 5.17. The Balaban J connectivity index is 1.85. The number of aliphatic hydroxyl groups is 1. The lowest BCUT2D eigenvalue weighted by Gasteiger charge is -2.26. The van der Waals surface area contributed by atoms with E-state index in [1.807, 2.05) is 81.4 Å². The molecule has 192 valence electrons. The van der Waals surface area contributed by atoms with E-state index in [2.05, 4.69) is 0 Å². The van der Waals surface area contributed by atoms with Gasteiger partial charge in [0.1, 0.15) is 17.3 Å². The smallest absolute Gasteiger partial charge is 0.295 e. The maximum Gasteiger partial charge on any atom is 0.295 e. The minimum absolute atomic E-state index is 0.0409. The molecule has 1 amide bonds. The summed E-state index contributed by atoms with van der Waals surface area (Å²) in [4.78, 5) is 30.3. The molecule has 1 heterocycles. The maximum atomic E-state index is 13.4. The fourth-order valence-corrected chi connectivity index (χ4v) is 4.51. The Morgan fingerprint density at radius 2 is 1.70 bits per heavy atom. The Kier molecular flexibility index (Phi) is 7.53. The van der Waals surface area contributed by atoms with Crippen LogP contribution in [0, 0.1) is 0 Å². The van der Waals surface area contributed by atoms with Crippen LogP contribution in [0.5, 0.6) is 11.5 Å². The molecule has 0 aromatic heterocycles. The molecular weight excluding hydrogens is 468 g/mol. The van der Waals surface area contributed by atoms with Crippen molar-refractivity contribution in [2.24, 2.45) is 0 Å². The topological polar surface area (TPSA) is 79.3 Å². The number of ketones is 1. The summed E-state index contributed by atoms with van der Waals surface area (Å²) in [6.45, 7) is 3.96. The molecule has 1 atom stereocenters. The van der Waals surface area contributed by atoms with E-state index in [0.29, 0.717) is 17.1 Å². The molecule has 1 fully saturated rings. The summed E-state index contributed by atoms with van der Waals surface area (Å²) in [6, 6.07) is 21.1. The molecule has 1 aliphatic rings. The minimum Gasteiger partial charge on any atom is -0.507 e. The summed E-state index contributed by atoms with van der Waals surface area (Å²) in [5, 5.41) is 11.4. The van der Waals surface area contributed by atoms with Crippen molar-refractivity contribution in [2.75, 3.05) is 26.1 Å². The zero-order valence-corrected chi connectivity index (χ0v) is 21.8. The van der Waals surface area contributed by atoms with Gasteiger partial charge < -0.3 is 24.4 Å². The molecule has 0 spiro atoms. The van der Waals surface area contributed by atoms with Gasteiger partial charge in [0.05, 0.1) is 31.4 Å². The van der Waals surface area contributed by atoms with E-state index in [9.17, 15) is 14.7 Å². The molecule has 0 saturated carbocycles. The highest BCUT2D eigenvalue weighted by Crippen LogP contribution is 2.41. The molecule has 3 aromatic rings. The predicted molar refractivity (Wildman–Crippen MR) is 144 cm³/mol. The number of benzene rings is 3. The van der Waals surface area contributed by atoms with Gasteiger partial charge in [-0.05, 0) is 49.7 Å². The number of hydrogen-bond acceptors (Lipinski definition) is 6. The lowest BCUT2D eigenvalue weighted by atomic mass is 9.94. The Morgan fingerprint density at radius 3 is 2.35 bits per heavy atom. The standard InChI is InChI=1S/C30H32N2O5/c1-19(2)37-24-11-8-10-21(17-24)28(33)26-27(20-13-15-23(16-14-20)31(3)4)32(30(35)29(26)34)18-22-9-6-7-12-25(22)36-5/h6-17,19,27,33H,18H2,1-5H3/b28-26-. The second kappa shape index (κ2) is 10.8. The number of carbonyl (C=O) groups excluding carboxylic acids is 2. The number of ether oxygens (including phenoxy) is 2. The molecule has 0 aliphatic carbocycles. The minimum atomic E-state index is -0.782. The molecule has 1 aliphatic heterocycles. The van der Waals surface area contributed by atoms with Crippen molar-refractivity contribution < 1.29 is 24.2 Å². The number of aliphatic hydroxyl groups excluding tert-OH is 1. The van der Waals surface area contributed by atoms with Crippen LogP contribution in [0.15, 0.2) is 78.4 Å². The molecule has 3 aromatic carbocycles. The van der Waals surface area contributed by atoms with Gasteiger partial charge in [0.15, 0.2) is 0 Å². The van der Waals surface area contributed by atoms with Gasteiger partial charge in [-0.2, -0.15) is 0 Å². The normalized spacial score (nSPS) is 16.8. The summed E-state index contributed by atoms with van der Waals surface area (Å²) >= 11 is 0. The number of Topliss-reactive ketones (excluding diaryl/α,β-unsaturated/α-hetero) is 1. The van der Waals surface area contributed by atoms with Crippen molar-refractivity contribution in [1.82, 2.24) is 4.90 Å². The highest BCUT2D eigenvalue weighted by atomic mass is 16.5. The summed E-state index contributed by atoms with van der Waals surface area (Å²) in [5.41, 5.74) is 2.90. The van der Waals surface area contributed by atoms with Gasteiger partial charge in [-0.15, -0.1) is 0 Å². The molecule has 0 radical (unpaired) electrons. The summed E-state index contributed by atoms with van der Waals surface area (Å²) in [7, 11) is 5.45. The van der Waals surface area contributed by atoms with Crippen LogP contribution in [-0.4, -0.2) is 49.0 Å². The van der Waals surface area contributed by atoms with E-state index in [-0.39, 0.29) is 24.0 Å². The molecular formula is C30H32N2O5. The van der Waals surface area contributed by atoms with Gasteiger partial charge in [-0.25, -0.2) is 0 Å². The second-order valence-corrected chi connectivity index (χ2v) is 9.42. The third kappa shape index (κ3) is 5.31. The van der Waals surface area contributed by atoms with Crippen LogP contribution in [0.4, 0.5) is 5.69 Å². The van der Waals surface area contributed by atoms with Crippen molar-refractivity contribution in [3.63, 3.8) is 0 Å². The van der Waals surface area contributed by atoms with E-state index in [1.54, 1.807) is 31.4 Å². The third-order valence-electron chi connectivity index (χ3n) is 6.28. The number of carbonyl (C=O) groups is 2. The highest BCUT2D eigenvalue weighted by Gasteiger charge is 2.46. The van der Waals surface area contributed by atoms with Crippen LogP contribution >= 0.6 is 0 Å². The molecule has 1 N–H and O–H groups in total. The van der Waals surface area contributed by atoms with Gasteiger partial charge in [0, 0.05) is 30.9 Å². The lowest BCUT2D eigenvalue weighted by molar-refractivity contribution is -0.140. The van der Waals surface area contributed by atoms with Crippen LogP contribution in [0.1, 0.15) is 36.6 Å². The first-order valence-corrected chi connectivity index (χ1v) is 12.2. The van der Waals surface area contributed by atoms with Crippen molar-refractivity contribution in [3.05, 3.63) is 95.1 Å². The Morgan fingerprint density at radius 1 is 1.00 bits per heavy atom. The first kappa shape index (κ1) is 25.8. The van der Waals surface area contributed by atoms with Gasteiger partial charge in [0.2, 0.25) is 0 Å². The first-order chi connectivity index (χ1) is 17.7. The van der Waals surface area contributed by atoms with E-state index in [4.69, 9.17) is 9.47 Å². The lowest BCUT2D eigenvalue weighted by Crippen LogP contribution is -2.29. The van der Waals surface area contributed by atoms with E-state index in [1.165, 1.54) is 4.90 Å². The largest absolute Gasteiger partial charge is 0.507 e. The summed E-state index contributed by atoms with van der Waals surface area (Å²) in [5.74, 6) is -0.469. The number of amides is 1. The third-order valence-corrected chi connectivity index (χ3v) is 6.28. The van der Waals surface area contributed by atoms with Crippen LogP contribution in [-0.2, 0) is 16.1 Å². The quantitative estimate of drug-likeness (QED) is 0.261. The molecule has 7 heteroatoms. The van der Waals surface area contributed by atoms with E-state index >= 15 is 0 Å². The van der Waals surface area contributed by atoms with Crippen molar-refractivity contribution in [1.29, 1.82) is 0 Å². The fourth-order valence-electron chi connectivity index (χ4n) is 4.51. The first-order valence-electron chi connectivity index (χ1n) is 12.2. The van der Waals surface area contributed by atoms with Crippen molar-refractivity contribution in [3.8, 4) is 11.5 Å². The van der Waals surface area contributed by atoms with Gasteiger partial charge >= 0.3 is 0 Å². The molecule has 0 bridgehead atoms. The number of likely N-dealkylation sites (tertiary alicyclic amines) is 1. The number of methoxy groups -OCH3 is 1. The number of rotatable bonds is 8. The number of hydrogen-bond donors (Lipinski definition) is 1. The van der Waals surface area contributed by atoms with Crippen LogP contribution in [0.25, 0.3) is 5.76 Å². The van der Waals surface area contributed by atoms with Gasteiger partial charge in [-0.1, -0.05) is 42.5 Å². The molecule has 1 saturated heterocycles. The Hall–Kier alpha value is -4.26. The van der Waals surface area contributed by atoms with Crippen molar-refractivity contribution in [2.45, 2.75) is 32.5 Å². The molecule has 1 unspecified atom stereocenters. The molecule has 7 nitrogen and oxygen atoms in total. The van der Waals surface area contributed by atoms with Crippen LogP contribution in [0.2, 0.25) is 0 Å². The van der Waals surface area contributed by atoms with Crippen LogP contribution < -0.4 is 14.4 Å². The van der Waals surface area contributed by atoms with Gasteiger partial charge in [0.25, 0.3) is 11.7 Å². The zero-order chi connectivity index (χ0) is 26.7. The zero-order valence-electron chi connectivity index (χ0n) is 21.8. The fraction of sp³-hybridized carbons (Fsp3) is 0.267. The Bertz CT molecular complexity index is 1330. The highest BCUT2D eigenvalue weighted by molar-refractivity contribution is 6.46. The Labute approximate surface area is 217 Å². The SMILES string of the molecule is COc1ccccc1CN1C(=O)C(=O)/C(=C(\O)c2cccc(OC(C)C)c2)C1c1ccc(N(C)C)cc1. The maximum absolute atomic E-state index is 13.4. The molecule has 4 rings (SSSR count). The van der Waals surface area contributed by atoms with E-state index in [0.717, 1.165) is 16.8 Å². The van der Waals surface area contributed by atoms with E-state index < -0.39 is 17.7 Å². The molecule has 37 heavy (non-hydrogen) atoms. The monoisotopic (exact) mass is 500 g/mol.